The summed E-state index contributed by atoms with van der Waals surface area (Å²) < 4.78 is 12.7. The Morgan fingerprint density at radius 3 is 2.22 bits per heavy atom. The Labute approximate surface area is 238 Å². The lowest BCUT2D eigenvalue weighted by Crippen LogP contribution is -2.40. The summed E-state index contributed by atoms with van der Waals surface area (Å²) in [6.07, 6.45) is 0.492. The van der Waals surface area contributed by atoms with Crippen LogP contribution in [0.4, 0.5) is 10.5 Å². The number of para-hydroxylation sites is 5. The molecule has 208 valence electrons. The standard InChI is InChI=1S/C33H32N4O4/c1-4-27(36(22-23-14-6-5-7-15-23)33(39)35-26-18-10-12-20-29(26)40-2)31-34-25-17-9-8-16-24(25)32(38)37(31)28-19-11-13-21-30(28)41-3/h5-21,27H,4,22H2,1-3H3,(H,35,39). The van der Waals surface area contributed by atoms with Crippen LogP contribution in [0.1, 0.15) is 30.8 Å². The fourth-order valence-electron chi connectivity index (χ4n) is 5.00. The minimum atomic E-state index is -0.577. The van der Waals surface area contributed by atoms with Gasteiger partial charge < -0.3 is 19.7 Å². The zero-order valence-corrected chi connectivity index (χ0v) is 23.3. The van der Waals surface area contributed by atoms with Crippen LogP contribution in [0.3, 0.4) is 0 Å². The first-order chi connectivity index (χ1) is 20.0. The van der Waals surface area contributed by atoms with Crippen molar-refractivity contribution < 1.29 is 14.3 Å². The van der Waals surface area contributed by atoms with E-state index in [4.69, 9.17) is 14.5 Å². The lowest BCUT2D eigenvalue weighted by Gasteiger charge is -2.33. The van der Waals surface area contributed by atoms with Crippen LogP contribution < -0.4 is 20.3 Å². The molecule has 0 fully saturated rings. The highest BCUT2D eigenvalue weighted by Crippen LogP contribution is 2.32. The number of ether oxygens (including phenoxy) is 2. The molecule has 0 aliphatic rings. The Morgan fingerprint density at radius 2 is 1.49 bits per heavy atom. The molecule has 0 bridgehead atoms. The van der Waals surface area contributed by atoms with Crippen LogP contribution >= 0.6 is 0 Å². The number of nitrogens with zero attached hydrogens (tertiary/aromatic N) is 3. The van der Waals surface area contributed by atoms with Crippen molar-refractivity contribution >= 4 is 22.6 Å². The molecule has 1 heterocycles. The molecule has 0 aliphatic carbocycles. The fourth-order valence-corrected chi connectivity index (χ4v) is 5.00. The second-order valence-corrected chi connectivity index (χ2v) is 9.47. The van der Waals surface area contributed by atoms with Crippen molar-refractivity contribution in [2.75, 3.05) is 19.5 Å². The van der Waals surface area contributed by atoms with E-state index in [0.717, 1.165) is 5.56 Å². The molecular weight excluding hydrogens is 516 g/mol. The van der Waals surface area contributed by atoms with Gasteiger partial charge in [-0.15, -0.1) is 0 Å². The molecule has 1 aromatic heterocycles. The summed E-state index contributed by atoms with van der Waals surface area (Å²) in [6, 6.07) is 30.6. The van der Waals surface area contributed by atoms with Gasteiger partial charge in [-0.1, -0.05) is 73.7 Å². The zero-order chi connectivity index (χ0) is 28.8. The Kier molecular flexibility index (Phi) is 8.29. The highest BCUT2D eigenvalue weighted by molar-refractivity contribution is 5.91. The first-order valence-electron chi connectivity index (χ1n) is 13.4. The lowest BCUT2D eigenvalue weighted by atomic mass is 10.1. The number of benzene rings is 4. The molecule has 5 aromatic rings. The smallest absolute Gasteiger partial charge is 0.322 e. The maximum Gasteiger partial charge on any atom is 0.322 e. The van der Waals surface area contributed by atoms with E-state index in [1.54, 1.807) is 48.0 Å². The molecule has 1 N–H and O–H groups in total. The Morgan fingerprint density at radius 1 is 0.854 bits per heavy atom. The van der Waals surface area contributed by atoms with Crippen LogP contribution in [0.5, 0.6) is 11.5 Å². The van der Waals surface area contributed by atoms with E-state index in [-0.39, 0.29) is 18.1 Å². The molecular formula is C33H32N4O4. The Bertz CT molecular complexity index is 1720. The van der Waals surface area contributed by atoms with E-state index in [9.17, 15) is 9.59 Å². The summed E-state index contributed by atoms with van der Waals surface area (Å²) in [5, 5.41) is 3.50. The van der Waals surface area contributed by atoms with Gasteiger partial charge >= 0.3 is 6.03 Å². The van der Waals surface area contributed by atoms with Crippen LogP contribution in [0.2, 0.25) is 0 Å². The first-order valence-corrected chi connectivity index (χ1v) is 13.4. The summed E-state index contributed by atoms with van der Waals surface area (Å²) in [7, 11) is 3.13. The quantitative estimate of drug-likeness (QED) is 0.225. The summed E-state index contributed by atoms with van der Waals surface area (Å²) in [5.41, 5.74) is 2.35. The van der Waals surface area contributed by atoms with E-state index in [1.165, 1.54) is 0 Å². The molecule has 0 aliphatic heterocycles. The van der Waals surface area contributed by atoms with E-state index in [1.807, 2.05) is 85.8 Å². The number of amides is 2. The van der Waals surface area contributed by atoms with Gasteiger partial charge in [-0.25, -0.2) is 9.78 Å². The lowest BCUT2D eigenvalue weighted by molar-refractivity contribution is 0.177. The number of carbonyl (C=O) groups is 1. The number of carbonyl (C=O) groups excluding carboxylic acids is 1. The van der Waals surface area contributed by atoms with Crippen LogP contribution in [-0.4, -0.2) is 34.7 Å². The van der Waals surface area contributed by atoms with Crippen molar-refractivity contribution in [2.24, 2.45) is 0 Å². The van der Waals surface area contributed by atoms with E-state index >= 15 is 0 Å². The number of hydrogen-bond donors (Lipinski definition) is 1. The average Bonchev–Trinajstić information content (AvgIpc) is 3.02. The maximum absolute atomic E-state index is 14.1. The molecule has 1 atom stereocenters. The Balaban J connectivity index is 1.71. The molecule has 4 aromatic carbocycles. The van der Waals surface area contributed by atoms with Gasteiger partial charge in [-0.3, -0.25) is 9.36 Å². The second-order valence-electron chi connectivity index (χ2n) is 9.47. The number of methoxy groups -OCH3 is 2. The van der Waals surface area contributed by atoms with Crippen LogP contribution in [0, 0.1) is 0 Å². The first kappa shape index (κ1) is 27.5. The molecule has 0 spiro atoms. The van der Waals surface area contributed by atoms with Crippen molar-refractivity contribution in [1.82, 2.24) is 14.5 Å². The number of rotatable bonds is 9. The van der Waals surface area contributed by atoms with Gasteiger partial charge in [0.15, 0.2) is 0 Å². The predicted octanol–water partition coefficient (Wildman–Crippen LogP) is 6.59. The molecule has 5 rings (SSSR count). The zero-order valence-electron chi connectivity index (χ0n) is 23.3. The SMILES string of the molecule is CCC(c1nc2ccccc2c(=O)n1-c1ccccc1OC)N(Cc1ccccc1)C(=O)Nc1ccccc1OC. The number of urea groups is 1. The van der Waals surface area contributed by atoms with Crippen molar-refractivity contribution in [3.63, 3.8) is 0 Å². The topological polar surface area (TPSA) is 85.7 Å². The molecule has 8 heteroatoms. The van der Waals surface area contributed by atoms with Gasteiger partial charge in [0, 0.05) is 6.54 Å². The minimum absolute atomic E-state index is 0.238. The second kappa shape index (κ2) is 12.4. The third kappa shape index (κ3) is 5.63. The predicted molar refractivity (Wildman–Crippen MR) is 161 cm³/mol. The van der Waals surface area contributed by atoms with Crippen molar-refractivity contribution in [3.8, 4) is 17.2 Å². The van der Waals surface area contributed by atoms with E-state index in [2.05, 4.69) is 5.32 Å². The highest BCUT2D eigenvalue weighted by Gasteiger charge is 2.30. The molecule has 0 saturated carbocycles. The third-order valence-electron chi connectivity index (χ3n) is 6.99. The molecule has 41 heavy (non-hydrogen) atoms. The molecule has 8 nitrogen and oxygen atoms in total. The van der Waals surface area contributed by atoms with E-state index in [0.29, 0.717) is 46.0 Å². The fraction of sp³-hybridized carbons (Fsp3) is 0.182. The van der Waals surface area contributed by atoms with Gasteiger partial charge in [0.05, 0.1) is 42.5 Å². The van der Waals surface area contributed by atoms with Gasteiger partial charge in [-0.05, 0) is 48.4 Å². The summed E-state index contributed by atoms with van der Waals surface area (Å²) in [5.74, 6) is 1.51. The van der Waals surface area contributed by atoms with Gasteiger partial charge in [-0.2, -0.15) is 0 Å². The van der Waals surface area contributed by atoms with Crippen LogP contribution in [0.25, 0.3) is 16.6 Å². The molecule has 1 unspecified atom stereocenters. The Hall–Kier alpha value is -5.11. The van der Waals surface area contributed by atoms with E-state index < -0.39 is 6.04 Å². The minimum Gasteiger partial charge on any atom is -0.495 e. The van der Waals surface area contributed by atoms with Crippen LogP contribution in [-0.2, 0) is 6.54 Å². The number of hydrogen-bond acceptors (Lipinski definition) is 5. The van der Waals surface area contributed by atoms with Crippen molar-refractivity contribution in [1.29, 1.82) is 0 Å². The number of anilines is 1. The summed E-state index contributed by atoms with van der Waals surface area (Å²) >= 11 is 0. The van der Waals surface area contributed by atoms with Gasteiger partial charge in [0.1, 0.15) is 17.3 Å². The van der Waals surface area contributed by atoms with Gasteiger partial charge in [0.2, 0.25) is 0 Å². The largest absolute Gasteiger partial charge is 0.495 e. The van der Waals surface area contributed by atoms with Crippen molar-refractivity contribution in [3.05, 3.63) is 125 Å². The van der Waals surface area contributed by atoms with Crippen LogP contribution in [0.15, 0.2) is 108 Å². The summed E-state index contributed by atoms with van der Waals surface area (Å²) in [6.45, 7) is 2.27. The average molecular weight is 549 g/mol. The maximum atomic E-state index is 14.1. The van der Waals surface area contributed by atoms with Crippen molar-refractivity contribution in [2.45, 2.75) is 25.9 Å². The summed E-state index contributed by atoms with van der Waals surface area (Å²) in [4.78, 5) is 34.9. The number of nitrogens with one attached hydrogen (secondary N) is 1. The number of aromatic nitrogens is 2. The third-order valence-corrected chi connectivity index (χ3v) is 6.99. The molecule has 0 radical (unpaired) electrons. The highest BCUT2D eigenvalue weighted by atomic mass is 16.5. The molecule has 2 amide bonds. The monoisotopic (exact) mass is 548 g/mol. The number of fused-ring (bicyclic) bond motifs is 1. The van der Waals surface area contributed by atoms with Gasteiger partial charge in [0.25, 0.3) is 5.56 Å². The molecule has 0 saturated heterocycles. The normalized spacial score (nSPS) is 11.6.